The van der Waals surface area contributed by atoms with Gasteiger partial charge in [0.2, 0.25) is 0 Å². The summed E-state index contributed by atoms with van der Waals surface area (Å²) >= 11 is 5.98. The predicted molar refractivity (Wildman–Crippen MR) is 132 cm³/mol. The summed E-state index contributed by atoms with van der Waals surface area (Å²) in [5.74, 6) is 0.126. The average molecular weight is 499 g/mol. The van der Waals surface area contributed by atoms with Crippen LogP contribution in [0.5, 0.6) is 0 Å². The van der Waals surface area contributed by atoms with E-state index in [2.05, 4.69) is 16.0 Å². The van der Waals surface area contributed by atoms with E-state index >= 15 is 0 Å². The van der Waals surface area contributed by atoms with Crippen LogP contribution in [0.25, 0.3) is 0 Å². The van der Waals surface area contributed by atoms with E-state index in [1.165, 1.54) is 6.20 Å². The van der Waals surface area contributed by atoms with Gasteiger partial charge in [-0.05, 0) is 61.8 Å². The van der Waals surface area contributed by atoms with Crippen molar-refractivity contribution in [3.8, 4) is 0 Å². The molecule has 0 aliphatic carbocycles. The third-order valence-electron chi connectivity index (χ3n) is 7.96. The Balaban J connectivity index is 1.26. The highest BCUT2D eigenvalue weighted by Crippen LogP contribution is 2.36. The van der Waals surface area contributed by atoms with E-state index in [1.807, 2.05) is 15.5 Å². The zero-order valence-electron chi connectivity index (χ0n) is 19.7. The van der Waals surface area contributed by atoms with Gasteiger partial charge in [0.25, 0.3) is 11.5 Å². The Morgan fingerprint density at radius 1 is 1.11 bits per heavy atom. The molecule has 0 radical (unpaired) electrons. The molecule has 0 spiro atoms. The minimum Gasteiger partial charge on any atom is -0.481 e. The summed E-state index contributed by atoms with van der Waals surface area (Å²) in [7, 11) is 0. The second-order valence-electron chi connectivity index (χ2n) is 10.3. The molecule has 5 heterocycles. The fraction of sp³-hybridized carbons (Fsp3) is 0.538. The van der Waals surface area contributed by atoms with E-state index in [9.17, 15) is 19.5 Å². The van der Waals surface area contributed by atoms with Crippen LogP contribution in [-0.2, 0) is 11.3 Å². The summed E-state index contributed by atoms with van der Waals surface area (Å²) in [5.41, 5.74) is 1.73. The number of carbonyl (C=O) groups excluding carboxylic acids is 1. The zero-order valence-corrected chi connectivity index (χ0v) is 20.4. The number of hydrogen-bond acceptors (Lipinski definition) is 5. The lowest BCUT2D eigenvalue weighted by Gasteiger charge is -2.44. The Morgan fingerprint density at radius 2 is 1.97 bits per heavy atom. The molecule has 186 valence electrons. The minimum absolute atomic E-state index is 0.0566. The highest BCUT2D eigenvalue weighted by atomic mass is 35.5. The molecule has 0 unspecified atom stereocenters. The summed E-state index contributed by atoms with van der Waals surface area (Å²) in [4.78, 5) is 45.2. The molecule has 0 saturated carbocycles. The first-order chi connectivity index (χ1) is 16.9. The van der Waals surface area contributed by atoms with E-state index in [4.69, 9.17) is 11.6 Å². The van der Waals surface area contributed by atoms with Gasteiger partial charge in [-0.3, -0.25) is 14.4 Å². The Labute approximate surface area is 209 Å². The molecule has 9 heteroatoms. The van der Waals surface area contributed by atoms with Crippen molar-refractivity contribution in [3.63, 3.8) is 0 Å². The maximum atomic E-state index is 13.1. The van der Waals surface area contributed by atoms with Gasteiger partial charge in [0, 0.05) is 68.6 Å². The molecule has 2 bridgehead atoms. The van der Waals surface area contributed by atoms with Gasteiger partial charge >= 0.3 is 5.97 Å². The van der Waals surface area contributed by atoms with Crippen LogP contribution in [-0.4, -0.2) is 69.1 Å². The number of halogens is 1. The van der Waals surface area contributed by atoms with Crippen LogP contribution in [0.3, 0.4) is 0 Å². The molecule has 1 amide bonds. The number of fused-ring (bicyclic) bond motifs is 4. The summed E-state index contributed by atoms with van der Waals surface area (Å²) < 4.78 is 1.94. The van der Waals surface area contributed by atoms with Crippen molar-refractivity contribution >= 4 is 23.5 Å². The molecule has 2 fully saturated rings. The van der Waals surface area contributed by atoms with Gasteiger partial charge in [0.1, 0.15) is 5.15 Å². The monoisotopic (exact) mass is 498 g/mol. The highest BCUT2D eigenvalue weighted by Gasteiger charge is 2.36. The van der Waals surface area contributed by atoms with Gasteiger partial charge in [-0.2, -0.15) is 0 Å². The molecule has 3 aliphatic rings. The molecular formula is C26H31ClN4O4. The number of carboxylic acids is 1. The summed E-state index contributed by atoms with van der Waals surface area (Å²) in [5, 5.41) is 9.75. The third-order valence-corrected chi connectivity index (χ3v) is 8.17. The van der Waals surface area contributed by atoms with Crippen LogP contribution < -0.4 is 5.56 Å². The fourth-order valence-electron chi connectivity index (χ4n) is 6.33. The second-order valence-corrected chi connectivity index (χ2v) is 10.7. The van der Waals surface area contributed by atoms with Crippen molar-refractivity contribution in [2.75, 3.05) is 32.7 Å². The van der Waals surface area contributed by atoms with Crippen molar-refractivity contribution in [2.45, 2.75) is 38.1 Å². The number of carbonyl (C=O) groups is 2. The number of aromatic nitrogens is 2. The summed E-state index contributed by atoms with van der Waals surface area (Å²) in [6.45, 7) is 4.60. The summed E-state index contributed by atoms with van der Waals surface area (Å²) in [6, 6.07) is 8.82. The van der Waals surface area contributed by atoms with Crippen molar-refractivity contribution in [1.82, 2.24) is 19.4 Å². The van der Waals surface area contributed by atoms with E-state index in [0.717, 1.165) is 44.7 Å². The quantitative estimate of drug-likeness (QED) is 0.615. The Bertz CT molecular complexity index is 1170. The molecule has 2 aromatic rings. The molecule has 1 N–H and O–H groups in total. The number of likely N-dealkylation sites (tertiary alicyclic amines) is 2. The van der Waals surface area contributed by atoms with Crippen molar-refractivity contribution in [1.29, 1.82) is 0 Å². The van der Waals surface area contributed by atoms with E-state index in [1.54, 1.807) is 18.2 Å². The van der Waals surface area contributed by atoms with Gasteiger partial charge in [-0.15, -0.1) is 0 Å². The standard InChI is InChI=1S/C26H31ClN4O4/c27-23-11-19(4-7-28-23)26(35)30-9-6-18(12-25(33)34)20(16-30)5-8-29-13-17-10-21(15-29)22-2-1-3-24(32)31(22)14-17/h1-4,7,11,17-18,20-21H,5-6,8-10,12-16H2,(H,33,34)/t17-,18+,20-,21-/m1/s1. The summed E-state index contributed by atoms with van der Waals surface area (Å²) in [6.07, 6.45) is 4.31. The Hall–Kier alpha value is -2.71. The number of pyridine rings is 2. The van der Waals surface area contributed by atoms with Crippen LogP contribution in [0.4, 0.5) is 0 Å². The van der Waals surface area contributed by atoms with Crippen LogP contribution in [0.2, 0.25) is 5.15 Å². The normalized spacial score (nSPS) is 26.3. The molecule has 0 aromatic carbocycles. The lowest BCUT2D eigenvalue weighted by molar-refractivity contribution is -0.139. The number of rotatable bonds is 6. The lowest BCUT2D eigenvalue weighted by Crippen LogP contribution is -2.49. The molecule has 5 rings (SSSR count). The first-order valence-electron chi connectivity index (χ1n) is 12.4. The van der Waals surface area contributed by atoms with Crippen LogP contribution in [0.1, 0.15) is 47.7 Å². The molecular weight excluding hydrogens is 468 g/mol. The minimum atomic E-state index is -0.782. The van der Waals surface area contributed by atoms with E-state index in [-0.39, 0.29) is 34.9 Å². The first kappa shape index (κ1) is 24.0. The SMILES string of the molecule is O=C(O)C[C@@H]1CCN(C(=O)c2ccnc(Cl)c2)C[C@H]1CCN1C[C@H]2C[C@H](C1)c1cccc(=O)n1C2. The number of hydrogen-bond donors (Lipinski definition) is 1. The maximum absolute atomic E-state index is 13.1. The van der Waals surface area contributed by atoms with Crippen LogP contribution >= 0.6 is 11.6 Å². The number of amides is 1. The topological polar surface area (TPSA) is 95.7 Å². The highest BCUT2D eigenvalue weighted by molar-refractivity contribution is 6.29. The van der Waals surface area contributed by atoms with Crippen molar-refractivity contribution in [2.24, 2.45) is 17.8 Å². The fourth-order valence-corrected chi connectivity index (χ4v) is 6.50. The first-order valence-corrected chi connectivity index (χ1v) is 12.8. The molecule has 2 aromatic heterocycles. The largest absolute Gasteiger partial charge is 0.481 e. The second kappa shape index (κ2) is 10.1. The van der Waals surface area contributed by atoms with Gasteiger partial charge < -0.3 is 19.5 Å². The smallest absolute Gasteiger partial charge is 0.303 e. The van der Waals surface area contributed by atoms with Crippen LogP contribution in [0.15, 0.2) is 41.3 Å². The predicted octanol–water partition coefficient (Wildman–Crippen LogP) is 2.96. The number of nitrogens with zero attached hydrogens (tertiary/aromatic N) is 4. The zero-order chi connectivity index (χ0) is 24.5. The Morgan fingerprint density at radius 3 is 2.77 bits per heavy atom. The van der Waals surface area contributed by atoms with E-state index in [0.29, 0.717) is 36.9 Å². The maximum Gasteiger partial charge on any atom is 0.303 e. The number of piperidine rings is 2. The molecule has 2 saturated heterocycles. The average Bonchev–Trinajstić information content (AvgIpc) is 2.83. The van der Waals surface area contributed by atoms with Gasteiger partial charge in [0.15, 0.2) is 0 Å². The Kier molecular flexibility index (Phi) is 6.93. The van der Waals surface area contributed by atoms with Crippen molar-refractivity contribution < 1.29 is 14.7 Å². The van der Waals surface area contributed by atoms with Gasteiger partial charge in [-0.25, -0.2) is 4.98 Å². The number of carboxylic acid groups (broad SMARTS) is 1. The molecule has 8 nitrogen and oxygen atoms in total. The van der Waals surface area contributed by atoms with Gasteiger partial charge in [-0.1, -0.05) is 17.7 Å². The van der Waals surface area contributed by atoms with Gasteiger partial charge in [0.05, 0.1) is 0 Å². The van der Waals surface area contributed by atoms with Crippen LogP contribution in [0, 0.1) is 17.8 Å². The molecule has 4 atom stereocenters. The molecule has 3 aliphatic heterocycles. The third kappa shape index (κ3) is 5.28. The lowest BCUT2D eigenvalue weighted by atomic mass is 9.80. The van der Waals surface area contributed by atoms with Crippen molar-refractivity contribution in [3.05, 3.63) is 63.3 Å². The van der Waals surface area contributed by atoms with E-state index < -0.39 is 5.97 Å². The molecule has 35 heavy (non-hydrogen) atoms. The number of aliphatic carboxylic acids is 1.